The van der Waals surface area contributed by atoms with Gasteiger partial charge in [0.05, 0.1) is 12.2 Å². The van der Waals surface area contributed by atoms with Gasteiger partial charge in [-0.15, -0.1) is 0 Å². The number of amides is 2. The summed E-state index contributed by atoms with van der Waals surface area (Å²) < 4.78 is 2.80. The first kappa shape index (κ1) is 17.3. The average Bonchev–Trinajstić information content (AvgIpc) is 3.19. The van der Waals surface area contributed by atoms with Gasteiger partial charge in [-0.2, -0.15) is 5.10 Å². The molecule has 1 saturated heterocycles. The van der Waals surface area contributed by atoms with Gasteiger partial charge < -0.3 is 10.2 Å². The fraction of sp³-hybridized carbons (Fsp3) is 0.421. The number of fused-ring (bicyclic) bond motifs is 1. The lowest BCUT2D eigenvalue weighted by atomic mass is 9.92. The Morgan fingerprint density at radius 2 is 2.19 bits per heavy atom. The first-order valence-corrected chi connectivity index (χ1v) is 9.72. The normalized spacial score (nSPS) is 22.4. The van der Waals surface area contributed by atoms with Crippen LogP contribution in [0.1, 0.15) is 36.6 Å². The number of nitrogens with one attached hydrogen (secondary N) is 1. The predicted molar refractivity (Wildman–Crippen MR) is 102 cm³/mol. The van der Waals surface area contributed by atoms with E-state index in [1.54, 1.807) is 4.90 Å². The number of rotatable bonds is 3. The van der Waals surface area contributed by atoms with Crippen molar-refractivity contribution >= 4 is 33.4 Å². The van der Waals surface area contributed by atoms with E-state index < -0.39 is 5.92 Å². The number of hydrogen-bond acceptors (Lipinski definition) is 3. The highest BCUT2D eigenvalue weighted by molar-refractivity contribution is 9.10. The van der Waals surface area contributed by atoms with Crippen LogP contribution in [0.25, 0.3) is 0 Å². The van der Waals surface area contributed by atoms with Crippen molar-refractivity contribution in [3.63, 3.8) is 0 Å². The molecular weight excluding hydrogens is 396 g/mol. The topological polar surface area (TPSA) is 67.2 Å². The first-order chi connectivity index (χ1) is 12.5. The molecule has 1 aliphatic carbocycles. The van der Waals surface area contributed by atoms with Crippen LogP contribution in [0.15, 0.2) is 34.9 Å². The summed E-state index contributed by atoms with van der Waals surface area (Å²) in [7, 11) is 1.93. The van der Waals surface area contributed by atoms with Crippen molar-refractivity contribution < 1.29 is 9.59 Å². The molecule has 1 N–H and O–H groups in total. The fourth-order valence-electron chi connectivity index (χ4n) is 3.95. The summed E-state index contributed by atoms with van der Waals surface area (Å²) >= 11 is 3.43. The monoisotopic (exact) mass is 416 g/mol. The van der Waals surface area contributed by atoms with Gasteiger partial charge in [0.15, 0.2) is 0 Å². The maximum atomic E-state index is 12.8. The first-order valence-electron chi connectivity index (χ1n) is 8.92. The number of halogens is 1. The molecule has 2 aromatic rings. The summed E-state index contributed by atoms with van der Waals surface area (Å²) in [6.45, 7) is 0.566. The molecule has 0 saturated carbocycles. The molecule has 0 radical (unpaired) electrons. The third-order valence-electron chi connectivity index (χ3n) is 5.33. The van der Waals surface area contributed by atoms with E-state index in [1.165, 1.54) is 5.69 Å². The summed E-state index contributed by atoms with van der Waals surface area (Å²) in [6, 6.07) is 7.56. The number of carbonyl (C=O) groups excluding carboxylic acids is 2. The quantitative estimate of drug-likeness (QED) is 0.782. The van der Waals surface area contributed by atoms with Gasteiger partial charge in [-0.3, -0.25) is 14.3 Å². The number of benzene rings is 1. The summed E-state index contributed by atoms with van der Waals surface area (Å²) in [4.78, 5) is 27.3. The van der Waals surface area contributed by atoms with Gasteiger partial charge in [0.2, 0.25) is 11.8 Å². The third-order valence-corrected chi connectivity index (χ3v) is 5.83. The molecule has 2 atom stereocenters. The van der Waals surface area contributed by atoms with Gasteiger partial charge in [-0.1, -0.05) is 22.0 Å². The SMILES string of the molecule is Cn1ncc2c1CCCC2NC(=O)C1CCN(c2cccc(Br)c2)C1=O. The van der Waals surface area contributed by atoms with Crippen molar-refractivity contribution in [3.05, 3.63) is 46.2 Å². The van der Waals surface area contributed by atoms with Gasteiger partial charge in [0.25, 0.3) is 0 Å². The number of nitrogens with zero attached hydrogens (tertiary/aromatic N) is 3. The van der Waals surface area contributed by atoms with Crippen LogP contribution >= 0.6 is 15.9 Å². The van der Waals surface area contributed by atoms with Gasteiger partial charge in [-0.25, -0.2) is 0 Å². The van der Waals surface area contributed by atoms with E-state index in [4.69, 9.17) is 0 Å². The second kappa shape index (κ2) is 6.87. The molecule has 1 aromatic heterocycles. The maximum absolute atomic E-state index is 12.8. The zero-order valence-electron chi connectivity index (χ0n) is 14.6. The van der Waals surface area contributed by atoms with Crippen LogP contribution in [0.2, 0.25) is 0 Å². The smallest absolute Gasteiger partial charge is 0.239 e. The number of aromatic nitrogens is 2. The second-order valence-corrected chi connectivity index (χ2v) is 7.85. The summed E-state index contributed by atoms with van der Waals surface area (Å²) in [5.41, 5.74) is 3.09. The van der Waals surface area contributed by atoms with Crippen LogP contribution in [0.4, 0.5) is 5.69 Å². The minimum atomic E-state index is -0.615. The Kier molecular flexibility index (Phi) is 4.56. The molecule has 2 unspecified atom stereocenters. The largest absolute Gasteiger partial charge is 0.348 e. The van der Waals surface area contributed by atoms with Gasteiger partial charge in [0, 0.05) is 35.0 Å². The van der Waals surface area contributed by atoms with E-state index in [0.717, 1.165) is 35.0 Å². The van der Waals surface area contributed by atoms with E-state index in [0.29, 0.717) is 13.0 Å². The van der Waals surface area contributed by atoms with Gasteiger partial charge in [0.1, 0.15) is 5.92 Å². The van der Waals surface area contributed by atoms with E-state index in [9.17, 15) is 9.59 Å². The average molecular weight is 417 g/mol. The molecule has 26 heavy (non-hydrogen) atoms. The van der Waals surface area contributed by atoms with E-state index in [-0.39, 0.29) is 17.9 Å². The highest BCUT2D eigenvalue weighted by Crippen LogP contribution is 2.31. The lowest BCUT2D eigenvalue weighted by Gasteiger charge is -2.25. The number of anilines is 1. The molecule has 6 nitrogen and oxygen atoms in total. The summed E-state index contributed by atoms with van der Waals surface area (Å²) in [6.07, 6.45) is 5.27. The van der Waals surface area contributed by atoms with Gasteiger partial charge in [-0.05, 0) is 43.9 Å². The molecular formula is C19H21BrN4O2. The van der Waals surface area contributed by atoms with Crippen LogP contribution < -0.4 is 10.2 Å². The minimum Gasteiger partial charge on any atom is -0.348 e. The number of aryl methyl sites for hydroxylation is 1. The summed E-state index contributed by atoms with van der Waals surface area (Å²) in [5.74, 6) is -0.909. The Labute approximate surface area is 160 Å². The molecule has 1 aromatic carbocycles. The zero-order chi connectivity index (χ0) is 18.3. The lowest BCUT2D eigenvalue weighted by Crippen LogP contribution is -2.39. The van der Waals surface area contributed by atoms with Crippen molar-refractivity contribution in [3.8, 4) is 0 Å². The lowest BCUT2D eigenvalue weighted by molar-refractivity contribution is -0.132. The van der Waals surface area contributed by atoms with E-state index in [2.05, 4.69) is 26.3 Å². The Morgan fingerprint density at radius 1 is 1.35 bits per heavy atom. The van der Waals surface area contributed by atoms with E-state index >= 15 is 0 Å². The minimum absolute atomic E-state index is 0.0485. The second-order valence-electron chi connectivity index (χ2n) is 6.93. The van der Waals surface area contributed by atoms with Crippen molar-refractivity contribution in [2.45, 2.75) is 31.7 Å². The van der Waals surface area contributed by atoms with Crippen LogP contribution in [-0.2, 0) is 23.1 Å². The Balaban J connectivity index is 1.47. The van der Waals surface area contributed by atoms with Crippen molar-refractivity contribution in [2.75, 3.05) is 11.4 Å². The zero-order valence-corrected chi connectivity index (χ0v) is 16.2. The molecule has 2 aliphatic rings. The van der Waals surface area contributed by atoms with Crippen molar-refractivity contribution in [2.24, 2.45) is 13.0 Å². The molecule has 4 rings (SSSR count). The fourth-order valence-corrected chi connectivity index (χ4v) is 4.34. The molecule has 1 fully saturated rings. The van der Waals surface area contributed by atoms with Crippen LogP contribution in [-0.4, -0.2) is 28.1 Å². The number of hydrogen-bond donors (Lipinski definition) is 1. The van der Waals surface area contributed by atoms with Gasteiger partial charge >= 0.3 is 0 Å². The highest BCUT2D eigenvalue weighted by Gasteiger charge is 2.39. The Hall–Kier alpha value is -2.15. The molecule has 2 amide bonds. The molecule has 136 valence electrons. The van der Waals surface area contributed by atoms with Crippen LogP contribution in [0.5, 0.6) is 0 Å². The Morgan fingerprint density at radius 3 is 3.00 bits per heavy atom. The Bertz CT molecular complexity index is 863. The standard InChI is InChI=1S/C19H21BrN4O2/c1-23-17-7-3-6-16(15(17)11-21-23)22-18(25)14-8-9-24(19(14)26)13-5-2-4-12(20)10-13/h2,4-5,10-11,14,16H,3,6-9H2,1H3,(H,22,25). The molecule has 0 spiro atoms. The molecule has 2 heterocycles. The van der Waals surface area contributed by atoms with Crippen molar-refractivity contribution in [1.82, 2.24) is 15.1 Å². The summed E-state index contributed by atoms with van der Waals surface area (Å²) in [5, 5.41) is 7.41. The predicted octanol–water partition coefficient (Wildman–Crippen LogP) is 2.73. The van der Waals surface area contributed by atoms with E-state index in [1.807, 2.05) is 42.2 Å². The molecule has 0 bridgehead atoms. The van der Waals surface area contributed by atoms with Crippen LogP contribution in [0, 0.1) is 5.92 Å². The maximum Gasteiger partial charge on any atom is 0.239 e. The third kappa shape index (κ3) is 3.05. The highest BCUT2D eigenvalue weighted by atomic mass is 79.9. The van der Waals surface area contributed by atoms with Crippen LogP contribution in [0.3, 0.4) is 0 Å². The van der Waals surface area contributed by atoms with Crippen molar-refractivity contribution in [1.29, 1.82) is 0 Å². The number of carbonyl (C=O) groups is 2. The molecule has 7 heteroatoms. The molecule has 1 aliphatic heterocycles.